The summed E-state index contributed by atoms with van der Waals surface area (Å²) in [5.41, 5.74) is 5.91. The highest BCUT2D eigenvalue weighted by Gasteiger charge is 2.13. The number of hydrogen-bond donors (Lipinski definition) is 1. The van der Waals surface area contributed by atoms with Gasteiger partial charge in [-0.2, -0.15) is 5.10 Å². The van der Waals surface area contributed by atoms with Gasteiger partial charge in [-0.1, -0.05) is 23.7 Å². The van der Waals surface area contributed by atoms with Crippen molar-refractivity contribution in [1.29, 1.82) is 0 Å². The second-order valence-corrected chi connectivity index (χ2v) is 7.68. The number of ether oxygens (including phenoxy) is 1. The Labute approximate surface area is 172 Å². The predicted molar refractivity (Wildman–Crippen MR) is 114 cm³/mol. The maximum atomic E-state index is 6.47. The van der Waals surface area contributed by atoms with E-state index in [1.54, 1.807) is 5.01 Å². The van der Waals surface area contributed by atoms with Gasteiger partial charge in [-0.05, 0) is 66.5 Å². The molecule has 0 amide bonds. The van der Waals surface area contributed by atoms with Gasteiger partial charge in [0.1, 0.15) is 12.4 Å². The Bertz CT molecular complexity index is 984. The Morgan fingerprint density at radius 2 is 1.96 bits per heavy atom. The number of halogens is 2. The first kappa shape index (κ1) is 19.7. The van der Waals surface area contributed by atoms with Crippen molar-refractivity contribution in [2.24, 2.45) is 5.84 Å². The van der Waals surface area contributed by atoms with E-state index >= 15 is 0 Å². The first-order valence-electron chi connectivity index (χ1n) is 8.51. The average molecular weight is 450 g/mol. The molecule has 3 aromatic rings. The molecule has 0 spiro atoms. The van der Waals surface area contributed by atoms with Gasteiger partial charge in [-0.15, -0.1) is 0 Å². The Kier molecular flexibility index (Phi) is 5.79. The highest BCUT2D eigenvalue weighted by Crippen LogP contribution is 2.31. The van der Waals surface area contributed by atoms with Gasteiger partial charge in [0, 0.05) is 12.6 Å². The van der Waals surface area contributed by atoms with Crippen LogP contribution >= 0.6 is 27.5 Å². The summed E-state index contributed by atoms with van der Waals surface area (Å²) in [5, 5.41) is 6.67. The lowest BCUT2D eigenvalue weighted by Gasteiger charge is -2.19. The van der Waals surface area contributed by atoms with Crippen molar-refractivity contribution >= 4 is 33.2 Å². The fourth-order valence-corrected chi connectivity index (χ4v) is 3.45. The summed E-state index contributed by atoms with van der Waals surface area (Å²) >= 11 is 10.0. The molecule has 0 radical (unpaired) electrons. The van der Waals surface area contributed by atoms with Gasteiger partial charge < -0.3 is 9.75 Å². The van der Waals surface area contributed by atoms with Crippen molar-refractivity contribution in [3.63, 3.8) is 0 Å². The maximum Gasteiger partial charge on any atom is 0.138 e. The third kappa shape index (κ3) is 3.98. The van der Waals surface area contributed by atoms with Crippen LogP contribution in [0, 0.1) is 20.8 Å². The van der Waals surface area contributed by atoms with Gasteiger partial charge in [0.25, 0.3) is 0 Å². The molecule has 0 atom stereocenters. The van der Waals surface area contributed by atoms with E-state index in [1.807, 2.05) is 68.9 Å². The highest BCUT2D eigenvalue weighted by atomic mass is 79.9. The zero-order chi connectivity index (χ0) is 19.7. The van der Waals surface area contributed by atoms with Gasteiger partial charge in [-0.3, -0.25) is 0 Å². The molecular formula is C20H22BrClN4O. The van der Waals surface area contributed by atoms with Crippen LogP contribution in [0.1, 0.15) is 22.5 Å². The topological polar surface area (TPSA) is 56.3 Å². The molecule has 1 heterocycles. The second-order valence-electron chi connectivity index (χ2n) is 6.48. The Morgan fingerprint density at radius 3 is 2.56 bits per heavy atom. The summed E-state index contributed by atoms with van der Waals surface area (Å²) in [5.74, 6) is 6.55. The van der Waals surface area contributed by atoms with E-state index < -0.39 is 0 Å². The molecule has 0 saturated heterocycles. The third-order valence-electron chi connectivity index (χ3n) is 4.50. The van der Waals surface area contributed by atoms with Gasteiger partial charge in [0.05, 0.1) is 32.3 Å². The number of aromatic nitrogens is 2. The summed E-state index contributed by atoms with van der Waals surface area (Å²) in [7, 11) is 1.81. The predicted octanol–water partition coefficient (Wildman–Crippen LogP) is 5.10. The fourth-order valence-electron chi connectivity index (χ4n) is 2.97. The van der Waals surface area contributed by atoms with Gasteiger partial charge in [0.15, 0.2) is 0 Å². The minimum absolute atomic E-state index is 0.383. The lowest BCUT2D eigenvalue weighted by atomic mass is 10.1. The van der Waals surface area contributed by atoms with E-state index in [4.69, 9.17) is 22.2 Å². The van der Waals surface area contributed by atoms with Crippen LogP contribution in [0.5, 0.6) is 5.75 Å². The highest BCUT2D eigenvalue weighted by molar-refractivity contribution is 9.10. The van der Waals surface area contributed by atoms with Gasteiger partial charge in [-0.25, -0.2) is 10.5 Å². The molecule has 1 aromatic heterocycles. The van der Waals surface area contributed by atoms with Crippen molar-refractivity contribution in [1.82, 2.24) is 9.78 Å². The molecule has 3 rings (SSSR count). The molecule has 2 N–H and O–H groups in total. The molecule has 0 aliphatic rings. The summed E-state index contributed by atoms with van der Waals surface area (Å²) in [6.45, 7) is 6.39. The average Bonchev–Trinajstić information content (AvgIpc) is 2.88. The molecule has 0 saturated carbocycles. The minimum atomic E-state index is 0.383. The monoisotopic (exact) mass is 448 g/mol. The van der Waals surface area contributed by atoms with Crippen molar-refractivity contribution < 1.29 is 4.74 Å². The van der Waals surface area contributed by atoms with Crippen LogP contribution in [0.4, 0.5) is 5.69 Å². The standard InChI is InChI=1S/C20H22BrClN4O/c1-12-6-5-7-18(25(4)23)16(12)11-27-19-9-8-15(10-17(19)22)26-14(3)20(21)13(2)24-26/h5-10H,11,23H2,1-4H3. The molecule has 0 bridgehead atoms. The van der Waals surface area contributed by atoms with E-state index in [0.29, 0.717) is 17.4 Å². The minimum Gasteiger partial charge on any atom is -0.487 e. The van der Waals surface area contributed by atoms with Crippen LogP contribution in [0.15, 0.2) is 40.9 Å². The van der Waals surface area contributed by atoms with E-state index in [0.717, 1.165) is 38.4 Å². The fraction of sp³-hybridized carbons (Fsp3) is 0.250. The van der Waals surface area contributed by atoms with E-state index in [-0.39, 0.29) is 0 Å². The number of hydrogen-bond acceptors (Lipinski definition) is 4. The third-order valence-corrected chi connectivity index (χ3v) is 5.94. The van der Waals surface area contributed by atoms with Crippen molar-refractivity contribution in [2.75, 3.05) is 12.1 Å². The molecule has 5 nitrogen and oxygen atoms in total. The number of benzene rings is 2. The SMILES string of the molecule is Cc1cccc(N(C)N)c1COc1ccc(-n2nc(C)c(Br)c2C)cc1Cl. The number of nitrogens with zero attached hydrogens (tertiary/aromatic N) is 3. The summed E-state index contributed by atoms with van der Waals surface area (Å²) in [6, 6.07) is 11.7. The molecular weight excluding hydrogens is 428 g/mol. The molecule has 7 heteroatoms. The van der Waals surface area contributed by atoms with E-state index in [2.05, 4.69) is 21.0 Å². The summed E-state index contributed by atoms with van der Waals surface area (Å²) in [4.78, 5) is 0. The lowest BCUT2D eigenvalue weighted by molar-refractivity contribution is 0.306. The first-order chi connectivity index (χ1) is 12.8. The lowest BCUT2D eigenvalue weighted by Crippen LogP contribution is -2.26. The summed E-state index contributed by atoms with van der Waals surface area (Å²) in [6.07, 6.45) is 0. The van der Waals surface area contributed by atoms with Gasteiger partial charge in [0.2, 0.25) is 0 Å². The molecule has 27 heavy (non-hydrogen) atoms. The molecule has 0 aliphatic carbocycles. The molecule has 0 fully saturated rings. The molecule has 142 valence electrons. The molecule has 2 aromatic carbocycles. The Morgan fingerprint density at radius 1 is 1.22 bits per heavy atom. The summed E-state index contributed by atoms with van der Waals surface area (Å²) < 4.78 is 8.85. The Hall–Kier alpha value is -2.02. The van der Waals surface area contributed by atoms with Crippen LogP contribution in [0.3, 0.4) is 0 Å². The van der Waals surface area contributed by atoms with Crippen molar-refractivity contribution in [3.05, 3.63) is 68.4 Å². The zero-order valence-electron chi connectivity index (χ0n) is 15.8. The quantitative estimate of drug-likeness (QED) is 0.435. The van der Waals surface area contributed by atoms with Crippen molar-refractivity contribution in [2.45, 2.75) is 27.4 Å². The molecule has 0 unspecified atom stereocenters. The molecule has 0 aliphatic heterocycles. The number of aryl methyl sites for hydroxylation is 2. The van der Waals surface area contributed by atoms with Crippen LogP contribution in [0.2, 0.25) is 5.02 Å². The van der Waals surface area contributed by atoms with E-state index in [9.17, 15) is 0 Å². The first-order valence-corrected chi connectivity index (χ1v) is 9.68. The van der Waals surface area contributed by atoms with Gasteiger partial charge >= 0.3 is 0 Å². The zero-order valence-corrected chi connectivity index (χ0v) is 18.1. The van der Waals surface area contributed by atoms with Crippen molar-refractivity contribution in [3.8, 4) is 11.4 Å². The van der Waals surface area contributed by atoms with Crippen LogP contribution < -0.4 is 15.6 Å². The Balaban J connectivity index is 1.85. The smallest absolute Gasteiger partial charge is 0.138 e. The second kappa shape index (κ2) is 7.92. The van der Waals surface area contributed by atoms with Crippen LogP contribution in [-0.4, -0.2) is 16.8 Å². The number of anilines is 1. The van der Waals surface area contributed by atoms with Crippen LogP contribution in [-0.2, 0) is 6.61 Å². The normalized spacial score (nSPS) is 10.9. The number of hydrazine groups is 1. The van der Waals surface area contributed by atoms with E-state index in [1.165, 1.54) is 0 Å². The van der Waals surface area contributed by atoms with Crippen LogP contribution in [0.25, 0.3) is 5.69 Å². The maximum absolute atomic E-state index is 6.47. The number of rotatable bonds is 5. The number of nitrogens with two attached hydrogens (primary N) is 1. The largest absolute Gasteiger partial charge is 0.487 e.